The Labute approximate surface area is 96.9 Å². The van der Waals surface area contributed by atoms with E-state index in [-0.39, 0.29) is 0 Å². The van der Waals surface area contributed by atoms with E-state index in [0.29, 0.717) is 5.78 Å². The van der Waals surface area contributed by atoms with Crippen LogP contribution in [0.4, 0.5) is 0 Å². The molecule has 0 aromatic heterocycles. The Kier molecular flexibility index (Phi) is 2.55. The molecule has 0 heterocycles. The molecule has 16 heavy (non-hydrogen) atoms. The molecule has 1 aromatic rings. The van der Waals surface area contributed by atoms with Gasteiger partial charge >= 0.3 is 0 Å². The fraction of sp³-hybridized carbons (Fsp3) is 0.533. The summed E-state index contributed by atoms with van der Waals surface area (Å²) in [5.74, 6) is 1.10. The average molecular weight is 214 g/mol. The van der Waals surface area contributed by atoms with Crippen LogP contribution in [0.25, 0.3) is 0 Å². The molecule has 1 heteroatoms. The highest BCUT2D eigenvalue weighted by atomic mass is 16.1. The molecule has 0 aliphatic heterocycles. The van der Waals surface area contributed by atoms with E-state index in [1.807, 2.05) is 0 Å². The molecule has 0 N–H and O–H groups in total. The summed E-state index contributed by atoms with van der Waals surface area (Å²) in [4.78, 5) is 11.6. The number of benzene rings is 1. The monoisotopic (exact) mass is 214 g/mol. The number of carbonyl (C=O) groups is 1. The van der Waals surface area contributed by atoms with Crippen molar-refractivity contribution in [2.24, 2.45) is 0 Å². The molecule has 0 unspecified atom stereocenters. The summed E-state index contributed by atoms with van der Waals surface area (Å²) < 4.78 is 0. The van der Waals surface area contributed by atoms with Gasteiger partial charge in [-0.1, -0.05) is 37.5 Å². The van der Waals surface area contributed by atoms with Crippen LogP contribution in [0.1, 0.15) is 65.9 Å². The molecule has 1 nitrogen and oxygen atoms in total. The quantitative estimate of drug-likeness (QED) is 0.693. The van der Waals surface area contributed by atoms with E-state index >= 15 is 0 Å². The number of Topliss-reactive ketones (excluding diaryl/α,β-unsaturated/α-hetero) is 1. The van der Waals surface area contributed by atoms with Gasteiger partial charge in [0.15, 0.2) is 5.78 Å². The molecule has 0 amide bonds. The smallest absolute Gasteiger partial charge is 0.163 e. The lowest BCUT2D eigenvalue weighted by atomic mass is 9.83. The molecular weight excluding hydrogens is 196 g/mol. The van der Waals surface area contributed by atoms with Crippen molar-refractivity contribution < 1.29 is 4.79 Å². The van der Waals surface area contributed by atoms with E-state index in [1.54, 1.807) is 0 Å². The van der Waals surface area contributed by atoms with Gasteiger partial charge < -0.3 is 0 Å². The van der Waals surface area contributed by atoms with Crippen LogP contribution in [0.15, 0.2) is 18.2 Å². The highest BCUT2D eigenvalue weighted by Crippen LogP contribution is 2.34. The minimum absolute atomic E-state index is 0.338. The first-order valence-electron chi connectivity index (χ1n) is 6.50. The number of ketones is 1. The second kappa shape index (κ2) is 4.04. The number of fused-ring (bicyclic) bond motifs is 1. The Morgan fingerprint density at radius 3 is 2.62 bits per heavy atom. The highest BCUT2D eigenvalue weighted by molar-refractivity contribution is 6.00. The first kappa shape index (κ1) is 10.1. The van der Waals surface area contributed by atoms with Gasteiger partial charge in [0.25, 0.3) is 0 Å². The number of rotatable bonds is 1. The van der Waals surface area contributed by atoms with E-state index in [4.69, 9.17) is 0 Å². The lowest BCUT2D eigenvalue weighted by Crippen LogP contribution is -2.05. The number of hydrogen-bond donors (Lipinski definition) is 0. The van der Waals surface area contributed by atoms with Gasteiger partial charge in [-0.05, 0) is 36.3 Å². The zero-order chi connectivity index (χ0) is 11.0. The van der Waals surface area contributed by atoms with Crippen molar-refractivity contribution in [2.45, 2.75) is 50.9 Å². The second-order valence-corrected chi connectivity index (χ2v) is 5.17. The minimum atomic E-state index is 0.338. The molecule has 0 radical (unpaired) electrons. The largest absolute Gasteiger partial charge is 0.294 e. The molecule has 2 aliphatic rings. The van der Waals surface area contributed by atoms with Crippen molar-refractivity contribution in [3.8, 4) is 0 Å². The molecule has 0 bridgehead atoms. The highest BCUT2D eigenvalue weighted by Gasteiger charge is 2.22. The van der Waals surface area contributed by atoms with Gasteiger partial charge in [-0.3, -0.25) is 4.79 Å². The van der Waals surface area contributed by atoms with Crippen LogP contribution >= 0.6 is 0 Å². The second-order valence-electron chi connectivity index (χ2n) is 5.17. The Morgan fingerprint density at radius 2 is 1.81 bits per heavy atom. The lowest BCUT2D eigenvalue weighted by molar-refractivity contribution is 0.0994. The van der Waals surface area contributed by atoms with Crippen molar-refractivity contribution in [1.29, 1.82) is 0 Å². The molecule has 1 saturated carbocycles. The topological polar surface area (TPSA) is 17.1 Å². The predicted molar refractivity (Wildman–Crippen MR) is 64.9 cm³/mol. The minimum Gasteiger partial charge on any atom is -0.294 e. The van der Waals surface area contributed by atoms with Gasteiger partial charge in [-0.25, -0.2) is 0 Å². The maximum atomic E-state index is 11.6. The van der Waals surface area contributed by atoms with Crippen molar-refractivity contribution in [3.63, 3.8) is 0 Å². The van der Waals surface area contributed by atoms with Gasteiger partial charge in [0, 0.05) is 12.0 Å². The molecule has 84 valence electrons. The van der Waals surface area contributed by atoms with Crippen molar-refractivity contribution in [3.05, 3.63) is 34.9 Å². The van der Waals surface area contributed by atoms with Crippen molar-refractivity contribution in [2.75, 3.05) is 0 Å². The van der Waals surface area contributed by atoms with E-state index in [9.17, 15) is 4.79 Å². The Morgan fingerprint density at radius 1 is 1.00 bits per heavy atom. The van der Waals surface area contributed by atoms with Gasteiger partial charge in [0.2, 0.25) is 0 Å². The summed E-state index contributed by atoms with van der Waals surface area (Å²) in [5.41, 5.74) is 3.76. The fourth-order valence-electron chi connectivity index (χ4n) is 3.17. The van der Waals surface area contributed by atoms with Gasteiger partial charge in [-0.2, -0.15) is 0 Å². The third-order valence-electron chi connectivity index (χ3n) is 4.13. The predicted octanol–water partition coefficient (Wildman–Crippen LogP) is 3.86. The van der Waals surface area contributed by atoms with Crippen LogP contribution in [0.5, 0.6) is 0 Å². The Hall–Kier alpha value is -1.11. The molecule has 3 rings (SSSR count). The molecule has 0 saturated heterocycles. The van der Waals surface area contributed by atoms with Crippen LogP contribution in [0.2, 0.25) is 0 Å². The fourth-order valence-corrected chi connectivity index (χ4v) is 3.17. The first-order chi connectivity index (χ1) is 7.84. The normalized spacial score (nSPS) is 21.1. The molecule has 1 fully saturated rings. The number of aryl methyl sites for hydroxylation is 1. The van der Waals surface area contributed by atoms with E-state index in [2.05, 4.69) is 18.2 Å². The maximum absolute atomic E-state index is 11.6. The number of hydrogen-bond acceptors (Lipinski definition) is 1. The summed E-state index contributed by atoms with van der Waals surface area (Å²) in [6, 6.07) is 6.56. The van der Waals surface area contributed by atoms with E-state index < -0.39 is 0 Å². The first-order valence-corrected chi connectivity index (χ1v) is 6.50. The van der Waals surface area contributed by atoms with Crippen LogP contribution in [-0.2, 0) is 6.42 Å². The van der Waals surface area contributed by atoms with Crippen LogP contribution in [0, 0.1) is 0 Å². The summed E-state index contributed by atoms with van der Waals surface area (Å²) in [6.07, 6.45) is 8.53. The Bertz CT molecular complexity index is 413. The van der Waals surface area contributed by atoms with Crippen LogP contribution in [0.3, 0.4) is 0 Å². The molecule has 0 atom stereocenters. The van der Waals surface area contributed by atoms with E-state index in [1.165, 1.54) is 43.2 Å². The van der Waals surface area contributed by atoms with Crippen molar-refractivity contribution in [1.82, 2.24) is 0 Å². The third-order valence-corrected chi connectivity index (χ3v) is 4.13. The standard InChI is InChI=1S/C15H18O/c16-15-9-7-13-10-12(6-8-14(13)15)11-4-2-1-3-5-11/h6,8,10-11H,1-5,7,9H2. The van der Waals surface area contributed by atoms with E-state index in [0.717, 1.165) is 24.3 Å². The van der Waals surface area contributed by atoms with Gasteiger partial charge in [0.05, 0.1) is 0 Å². The van der Waals surface area contributed by atoms with Gasteiger partial charge in [0.1, 0.15) is 0 Å². The zero-order valence-corrected chi connectivity index (χ0v) is 9.67. The van der Waals surface area contributed by atoms with Gasteiger partial charge in [-0.15, -0.1) is 0 Å². The van der Waals surface area contributed by atoms with Crippen LogP contribution in [-0.4, -0.2) is 5.78 Å². The molecular formula is C15H18O. The summed E-state index contributed by atoms with van der Waals surface area (Å²) >= 11 is 0. The zero-order valence-electron chi connectivity index (χ0n) is 9.67. The molecule has 2 aliphatic carbocycles. The summed E-state index contributed by atoms with van der Waals surface area (Å²) in [5, 5.41) is 0. The maximum Gasteiger partial charge on any atom is 0.163 e. The molecule has 0 spiro atoms. The van der Waals surface area contributed by atoms with Crippen molar-refractivity contribution >= 4 is 5.78 Å². The van der Waals surface area contributed by atoms with Crippen LogP contribution < -0.4 is 0 Å². The lowest BCUT2D eigenvalue weighted by Gasteiger charge is -2.22. The average Bonchev–Trinajstić information content (AvgIpc) is 2.72. The summed E-state index contributed by atoms with van der Waals surface area (Å²) in [7, 11) is 0. The SMILES string of the molecule is O=C1CCc2cc(C3CCCCC3)ccc21. The summed E-state index contributed by atoms with van der Waals surface area (Å²) in [6.45, 7) is 0. The molecule has 1 aromatic carbocycles. The number of carbonyl (C=O) groups excluding carboxylic acids is 1. The third kappa shape index (κ3) is 1.68. The Balaban J connectivity index is 1.89.